The second kappa shape index (κ2) is 7.00. The Kier molecular flexibility index (Phi) is 5.06. The van der Waals surface area contributed by atoms with Crippen LogP contribution in [0.15, 0.2) is 42.5 Å². The number of methoxy groups -OCH3 is 1. The molecule has 0 atom stereocenters. The zero-order chi connectivity index (χ0) is 16.1. The maximum atomic E-state index is 13.6. The second-order valence-electron chi connectivity index (χ2n) is 4.63. The summed E-state index contributed by atoms with van der Waals surface area (Å²) in [4.78, 5) is 11.3. The minimum absolute atomic E-state index is 0.260. The van der Waals surface area contributed by atoms with E-state index < -0.39 is 5.97 Å². The predicted octanol–water partition coefficient (Wildman–Crippen LogP) is 3.73. The molecular formula is C16H15FN2O2S. The summed E-state index contributed by atoms with van der Waals surface area (Å²) in [6.45, 7) is 1.87. The van der Waals surface area contributed by atoms with Gasteiger partial charge in [-0.15, -0.1) is 0 Å². The first-order chi connectivity index (χ1) is 10.5. The second-order valence-corrected chi connectivity index (χ2v) is 5.04. The van der Waals surface area contributed by atoms with E-state index >= 15 is 0 Å². The maximum absolute atomic E-state index is 13.6. The number of hydrogen-bond acceptors (Lipinski definition) is 3. The molecule has 0 radical (unpaired) electrons. The number of rotatable bonds is 3. The highest BCUT2D eigenvalue weighted by molar-refractivity contribution is 7.80. The van der Waals surface area contributed by atoms with E-state index in [9.17, 15) is 9.18 Å². The minimum atomic E-state index is -0.408. The Hall–Kier alpha value is -2.47. The number of hydrogen-bond donors (Lipinski definition) is 2. The molecule has 2 aromatic carbocycles. The molecule has 0 aromatic heterocycles. The fraction of sp³-hybridized carbons (Fsp3) is 0.125. The zero-order valence-corrected chi connectivity index (χ0v) is 13.0. The van der Waals surface area contributed by atoms with Crippen molar-refractivity contribution in [3.05, 3.63) is 59.4 Å². The van der Waals surface area contributed by atoms with Crippen molar-refractivity contribution in [2.45, 2.75) is 6.92 Å². The number of carbonyl (C=O) groups excluding carboxylic acids is 1. The van der Waals surface area contributed by atoms with E-state index in [1.165, 1.54) is 13.2 Å². The molecule has 22 heavy (non-hydrogen) atoms. The van der Waals surface area contributed by atoms with Gasteiger partial charge in [-0.1, -0.05) is 6.07 Å². The van der Waals surface area contributed by atoms with Crippen LogP contribution in [0.5, 0.6) is 0 Å². The highest BCUT2D eigenvalue weighted by atomic mass is 32.1. The van der Waals surface area contributed by atoms with Crippen molar-refractivity contribution in [1.82, 2.24) is 0 Å². The van der Waals surface area contributed by atoms with Crippen LogP contribution in [-0.2, 0) is 4.74 Å². The molecule has 2 aromatic rings. The van der Waals surface area contributed by atoms with Gasteiger partial charge in [0, 0.05) is 5.69 Å². The number of benzene rings is 2. The third-order valence-corrected chi connectivity index (χ3v) is 3.14. The van der Waals surface area contributed by atoms with Gasteiger partial charge < -0.3 is 15.4 Å². The van der Waals surface area contributed by atoms with Gasteiger partial charge in [0.1, 0.15) is 5.82 Å². The van der Waals surface area contributed by atoms with Gasteiger partial charge in [0.15, 0.2) is 5.11 Å². The molecule has 2 N–H and O–H groups in total. The highest BCUT2D eigenvalue weighted by Gasteiger charge is 2.07. The maximum Gasteiger partial charge on any atom is 0.337 e. The average Bonchev–Trinajstić information content (AvgIpc) is 2.51. The lowest BCUT2D eigenvalue weighted by Gasteiger charge is -2.12. The Balaban J connectivity index is 2.03. The third-order valence-electron chi connectivity index (χ3n) is 2.93. The summed E-state index contributed by atoms with van der Waals surface area (Å²) >= 11 is 5.15. The van der Waals surface area contributed by atoms with Gasteiger partial charge in [0.25, 0.3) is 0 Å². The molecule has 0 spiro atoms. The van der Waals surface area contributed by atoms with E-state index in [4.69, 9.17) is 12.2 Å². The van der Waals surface area contributed by atoms with Crippen molar-refractivity contribution >= 4 is 34.7 Å². The molecular weight excluding hydrogens is 303 g/mol. The Morgan fingerprint density at radius 2 is 1.82 bits per heavy atom. The number of anilines is 2. The van der Waals surface area contributed by atoms with Crippen molar-refractivity contribution in [2.75, 3.05) is 17.7 Å². The molecule has 0 heterocycles. The summed E-state index contributed by atoms with van der Waals surface area (Å²) < 4.78 is 18.3. The molecule has 0 aliphatic rings. The van der Waals surface area contributed by atoms with E-state index in [1.807, 2.05) is 6.92 Å². The fourth-order valence-electron chi connectivity index (χ4n) is 1.83. The monoisotopic (exact) mass is 318 g/mol. The summed E-state index contributed by atoms with van der Waals surface area (Å²) in [5.41, 5.74) is 2.35. The van der Waals surface area contributed by atoms with Crippen LogP contribution in [0.1, 0.15) is 15.9 Å². The topological polar surface area (TPSA) is 50.4 Å². The first-order valence-electron chi connectivity index (χ1n) is 6.52. The predicted molar refractivity (Wildman–Crippen MR) is 88.8 cm³/mol. The Morgan fingerprint density at radius 3 is 2.45 bits per heavy atom. The SMILES string of the molecule is COC(=O)c1ccc(NC(=S)Nc2cc(C)ccc2F)cc1. The Morgan fingerprint density at radius 1 is 1.14 bits per heavy atom. The van der Waals surface area contributed by atoms with Gasteiger partial charge in [-0.2, -0.15) is 0 Å². The molecule has 0 fully saturated rings. The standard InChI is InChI=1S/C16H15FN2O2S/c1-10-3-8-13(17)14(9-10)19-16(22)18-12-6-4-11(5-7-12)15(20)21-2/h3-9H,1-2H3,(H2,18,19,22). The average molecular weight is 318 g/mol. The van der Waals surface area contributed by atoms with Crippen LogP contribution in [0.4, 0.5) is 15.8 Å². The normalized spacial score (nSPS) is 9.95. The molecule has 4 nitrogen and oxygen atoms in total. The van der Waals surface area contributed by atoms with E-state index in [1.54, 1.807) is 36.4 Å². The van der Waals surface area contributed by atoms with Gasteiger partial charge in [-0.05, 0) is 61.1 Å². The van der Waals surface area contributed by atoms with Crippen molar-refractivity contribution in [3.63, 3.8) is 0 Å². The first kappa shape index (κ1) is 15.9. The third kappa shape index (κ3) is 4.02. The van der Waals surface area contributed by atoms with Crippen LogP contribution >= 0.6 is 12.2 Å². The van der Waals surface area contributed by atoms with Crippen LogP contribution in [0.3, 0.4) is 0 Å². The van der Waals surface area contributed by atoms with Gasteiger partial charge in [-0.25, -0.2) is 9.18 Å². The lowest BCUT2D eigenvalue weighted by atomic mass is 10.2. The van der Waals surface area contributed by atoms with E-state index in [-0.39, 0.29) is 10.9 Å². The lowest BCUT2D eigenvalue weighted by Crippen LogP contribution is -2.19. The molecule has 2 rings (SSSR count). The van der Waals surface area contributed by atoms with Crippen LogP contribution in [0, 0.1) is 12.7 Å². The summed E-state index contributed by atoms with van der Waals surface area (Å²) in [7, 11) is 1.32. The van der Waals surface area contributed by atoms with Crippen molar-refractivity contribution in [1.29, 1.82) is 0 Å². The molecule has 0 bridgehead atoms. The molecule has 0 unspecified atom stereocenters. The van der Waals surface area contributed by atoms with Crippen molar-refractivity contribution in [3.8, 4) is 0 Å². The molecule has 114 valence electrons. The molecule has 0 amide bonds. The summed E-state index contributed by atoms with van der Waals surface area (Å²) in [6.07, 6.45) is 0. The van der Waals surface area contributed by atoms with Gasteiger partial charge in [0.05, 0.1) is 18.4 Å². The fourth-order valence-corrected chi connectivity index (χ4v) is 2.05. The van der Waals surface area contributed by atoms with Crippen LogP contribution in [0.25, 0.3) is 0 Å². The minimum Gasteiger partial charge on any atom is -0.465 e. The summed E-state index contributed by atoms with van der Waals surface area (Å²) in [5, 5.41) is 5.98. The molecule has 0 saturated carbocycles. The molecule has 0 aliphatic heterocycles. The van der Waals surface area contributed by atoms with Crippen molar-refractivity contribution < 1.29 is 13.9 Å². The lowest BCUT2D eigenvalue weighted by molar-refractivity contribution is 0.0601. The molecule has 0 saturated heterocycles. The summed E-state index contributed by atoms with van der Waals surface area (Å²) in [5.74, 6) is -0.787. The van der Waals surface area contributed by atoms with Crippen molar-refractivity contribution in [2.24, 2.45) is 0 Å². The van der Waals surface area contributed by atoms with Gasteiger partial charge in [0.2, 0.25) is 0 Å². The van der Waals surface area contributed by atoms with Crippen LogP contribution in [0.2, 0.25) is 0 Å². The molecule has 6 heteroatoms. The number of thiocarbonyl (C=S) groups is 1. The Labute approximate surface area is 133 Å². The highest BCUT2D eigenvalue weighted by Crippen LogP contribution is 2.16. The molecule has 0 aliphatic carbocycles. The smallest absolute Gasteiger partial charge is 0.337 e. The number of esters is 1. The summed E-state index contributed by atoms with van der Waals surface area (Å²) in [6, 6.07) is 11.3. The number of aryl methyl sites for hydroxylation is 1. The number of halogens is 1. The quantitative estimate of drug-likeness (QED) is 0.667. The van der Waals surface area contributed by atoms with Crippen LogP contribution < -0.4 is 10.6 Å². The van der Waals surface area contributed by atoms with Gasteiger partial charge in [-0.3, -0.25) is 0 Å². The van der Waals surface area contributed by atoms with E-state index in [2.05, 4.69) is 15.4 Å². The first-order valence-corrected chi connectivity index (χ1v) is 6.93. The van der Waals surface area contributed by atoms with Crippen LogP contribution in [-0.4, -0.2) is 18.2 Å². The van der Waals surface area contributed by atoms with E-state index in [0.717, 1.165) is 5.56 Å². The Bertz CT molecular complexity index is 702. The number of ether oxygens (including phenoxy) is 1. The largest absolute Gasteiger partial charge is 0.465 e. The van der Waals surface area contributed by atoms with E-state index in [0.29, 0.717) is 16.9 Å². The van der Waals surface area contributed by atoms with Gasteiger partial charge >= 0.3 is 5.97 Å². The number of carbonyl (C=O) groups is 1. The zero-order valence-electron chi connectivity index (χ0n) is 12.1. The number of nitrogens with one attached hydrogen (secondary N) is 2.